The van der Waals surface area contributed by atoms with Crippen molar-refractivity contribution in [2.75, 3.05) is 6.26 Å². The number of hydrogen-bond acceptors (Lipinski definition) is 4. The standard InChI is InChI=1S/C11H10FNO3S/c1-17(15,16)10-3-2-8(6-9(10)12)11(4-5-11)13-7-14/h2-3,6H,4-5H2,1H3. The van der Waals surface area contributed by atoms with E-state index in [1.165, 1.54) is 18.2 Å². The second-order valence-corrected chi connectivity index (χ2v) is 6.14. The van der Waals surface area contributed by atoms with Gasteiger partial charge in [-0.2, -0.15) is 4.99 Å². The number of aliphatic imine (C=N–C) groups is 1. The number of isocyanates is 1. The Hall–Kier alpha value is -1.52. The summed E-state index contributed by atoms with van der Waals surface area (Å²) < 4.78 is 36.1. The summed E-state index contributed by atoms with van der Waals surface area (Å²) in [6, 6.07) is 3.83. The second-order valence-electron chi connectivity index (χ2n) is 4.15. The van der Waals surface area contributed by atoms with Crippen LogP contribution < -0.4 is 0 Å². The lowest BCUT2D eigenvalue weighted by Crippen LogP contribution is -2.06. The van der Waals surface area contributed by atoms with Gasteiger partial charge in [0.25, 0.3) is 0 Å². The van der Waals surface area contributed by atoms with Gasteiger partial charge in [0.05, 0.1) is 5.54 Å². The van der Waals surface area contributed by atoms with Crippen LogP contribution >= 0.6 is 0 Å². The highest BCUT2D eigenvalue weighted by atomic mass is 32.2. The summed E-state index contributed by atoms with van der Waals surface area (Å²) in [5.74, 6) is -0.808. The topological polar surface area (TPSA) is 63.6 Å². The molecule has 1 aromatic rings. The van der Waals surface area contributed by atoms with Crippen molar-refractivity contribution in [2.24, 2.45) is 4.99 Å². The van der Waals surface area contributed by atoms with Gasteiger partial charge in [-0.1, -0.05) is 6.07 Å². The first-order valence-corrected chi connectivity index (χ1v) is 6.87. The Morgan fingerprint density at radius 1 is 1.41 bits per heavy atom. The van der Waals surface area contributed by atoms with Crippen molar-refractivity contribution in [3.63, 3.8) is 0 Å². The third-order valence-corrected chi connectivity index (χ3v) is 3.98. The maximum Gasteiger partial charge on any atom is 0.235 e. The first-order valence-electron chi connectivity index (χ1n) is 4.98. The molecular weight excluding hydrogens is 245 g/mol. The highest BCUT2D eigenvalue weighted by Crippen LogP contribution is 2.49. The summed E-state index contributed by atoms with van der Waals surface area (Å²) in [7, 11) is -3.57. The van der Waals surface area contributed by atoms with Crippen molar-refractivity contribution in [3.8, 4) is 0 Å². The fourth-order valence-corrected chi connectivity index (χ4v) is 2.49. The van der Waals surface area contributed by atoms with Gasteiger partial charge >= 0.3 is 0 Å². The Balaban J connectivity index is 2.49. The Labute approximate surface area is 98.1 Å². The van der Waals surface area contributed by atoms with Gasteiger partial charge in [-0.05, 0) is 30.5 Å². The molecule has 0 N–H and O–H groups in total. The van der Waals surface area contributed by atoms with E-state index in [1.807, 2.05) is 0 Å². The third kappa shape index (κ3) is 2.14. The van der Waals surface area contributed by atoms with Crippen molar-refractivity contribution in [1.82, 2.24) is 0 Å². The van der Waals surface area contributed by atoms with Gasteiger partial charge in [-0.15, -0.1) is 0 Å². The van der Waals surface area contributed by atoms with Gasteiger partial charge in [0, 0.05) is 6.26 Å². The second kappa shape index (κ2) is 3.75. The van der Waals surface area contributed by atoms with E-state index in [2.05, 4.69) is 4.99 Å². The fourth-order valence-electron chi connectivity index (χ4n) is 1.76. The van der Waals surface area contributed by atoms with Crippen molar-refractivity contribution < 1.29 is 17.6 Å². The molecule has 0 radical (unpaired) electrons. The van der Waals surface area contributed by atoms with E-state index in [9.17, 15) is 17.6 Å². The predicted molar refractivity (Wildman–Crippen MR) is 58.5 cm³/mol. The van der Waals surface area contributed by atoms with Crippen LogP contribution in [0.2, 0.25) is 0 Å². The smallest absolute Gasteiger partial charge is 0.224 e. The molecule has 0 aromatic heterocycles. The first-order chi connectivity index (χ1) is 7.89. The monoisotopic (exact) mass is 255 g/mol. The van der Waals surface area contributed by atoms with E-state index >= 15 is 0 Å². The van der Waals surface area contributed by atoms with Crippen molar-refractivity contribution in [1.29, 1.82) is 0 Å². The Bertz CT molecular complexity index is 614. The molecule has 0 heterocycles. The maximum absolute atomic E-state index is 13.6. The van der Waals surface area contributed by atoms with Crippen LogP contribution in [0.25, 0.3) is 0 Å². The number of hydrogen-bond donors (Lipinski definition) is 0. The van der Waals surface area contributed by atoms with Crippen LogP contribution in [0.1, 0.15) is 18.4 Å². The van der Waals surface area contributed by atoms with E-state index in [0.717, 1.165) is 12.3 Å². The SMILES string of the molecule is CS(=O)(=O)c1ccc(C2(N=C=O)CC2)cc1F. The molecule has 4 nitrogen and oxygen atoms in total. The molecule has 1 aliphatic rings. The molecule has 0 bridgehead atoms. The molecule has 0 spiro atoms. The maximum atomic E-state index is 13.6. The molecule has 1 fully saturated rings. The lowest BCUT2D eigenvalue weighted by molar-refractivity contribution is 0.552. The highest BCUT2D eigenvalue weighted by Gasteiger charge is 2.45. The number of rotatable bonds is 3. The summed E-state index contributed by atoms with van der Waals surface area (Å²) in [5, 5.41) is 0. The molecular formula is C11H10FNO3S. The molecule has 0 saturated heterocycles. The number of benzene rings is 1. The number of sulfone groups is 1. The fraction of sp³-hybridized carbons (Fsp3) is 0.364. The van der Waals surface area contributed by atoms with Gasteiger partial charge in [0.2, 0.25) is 6.08 Å². The molecule has 0 atom stereocenters. The van der Waals surface area contributed by atoms with E-state index in [4.69, 9.17) is 0 Å². The predicted octanol–water partition coefficient (Wildman–Crippen LogP) is 1.55. The minimum Gasteiger partial charge on any atom is -0.224 e. The van der Waals surface area contributed by atoms with Crippen LogP contribution in [-0.4, -0.2) is 20.8 Å². The van der Waals surface area contributed by atoms with Crippen molar-refractivity contribution >= 4 is 15.9 Å². The van der Waals surface area contributed by atoms with E-state index in [-0.39, 0.29) is 4.90 Å². The molecule has 0 amide bonds. The molecule has 17 heavy (non-hydrogen) atoms. The zero-order valence-corrected chi connectivity index (χ0v) is 9.92. The van der Waals surface area contributed by atoms with Crippen molar-refractivity contribution in [2.45, 2.75) is 23.3 Å². The summed E-state index contributed by atoms with van der Waals surface area (Å²) in [6.07, 6.45) is 3.72. The Morgan fingerprint density at radius 3 is 2.47 bits per heavy atom. The van der Waals surface area contributed by atoms with E-state index < -0.39 is 21.2 Å². The van der Waals surface area contributed by atoms with Gasteiger partial charge in [-0.25, -0.2) is 17.6 Å². The molecule has 6 heteroatoms. The normalized spacial score (nSPS) is 17.3. The van der Waals surface area contributed by atoms with Crippen LogP contribution in [0.4, 0.5) is 4.39 Å². The van der Waals surface area contributed by atoms with Crippen LogP contribution in [0, 0.1) is 5.82 Å². The van der Waals surface area contributed by atoms with Crippen LogP contribution in [0.15, 0.2) is 28.1 Å². The first kappa shape index (κ1) is 12.0. The van der Waals surface area contributed by atoms with Gasteiger partial charge in [0.1, 0.15) is 10.7 Å². The summed E-state index contributed by atoms with van der Waals surface area (Å²) >= 11 is 0. The highest BCUT2D eigenvalue weighted by molar-refractivity contribution is 7.90. The molecule has 1 aliphatic carbocycles. The lowest BCUT2D eigenvalue weighted by Gasteiger charge is -2.09. The lowest BCUT2D eigenvalue weighted by atomic mass is 10.1. The molecule has 2 rings (SSSR count). The van der Waals surface area contributed by atoms with Gasteiger partial charge in [0.15, 0.2) is 9.84 Å². The van der Waals surface area contributed by atoms with Crippen LogP contribution in [-0.2, 0) is 20.2 Å². The minimum absolute atomic E-state index is 0.341. The number of carbonyl (C=O) groups excluding carboxylic acids is 1. The molecule has 1 saturated carbocycles. The third-order valence-electron chi connectivity index (χ3n) is 2.85. The Kier molecular flexibility index (Phi) is 2.64. The summed E-state index contributed by atoms with van der Waals surface area (Å²) in [6.45, 7) is 0. The average molecular weight is 255 g/mol. The van der Waals surface area contributed by atoms with Gasteiger partial charge < -0.3 is 0 Å². The number of nitrogens with zero attached hydrogens (tertiary/aromatic N) is 1. The molecule has 0 aliphatic heterocycles. The summed E-state index contributed by atoms with van der Waals surface area (Å²) in [4.78, 5) is 13.6. The summed E-state index contributed by atoms with van der Waals surface area (Å²) in [5.41, 5.74) is -0.163. The quantitative estimate of drug-likeness (QED) is 0.608. The van der Waals surface area contributed by atoms with Crippen LogP contribution in [0.5, 0.6) is 0 Å². The minimum atomic E-state index is -3.57. The largest absolute Gasteiger partial charge is 0.235 e. The number of halogens is 1. The zero-order chi connectivity index (χ0) is 12.7. The van der Waals surface area contributed by atoms with E-state index in [1.54, 1.807) is 0 Å². The average Bonchev–Trinajstić information content (AvgIpc) is 2.97. The van der Waals surface area contributed by atoms with E-state index in [0.29, 0.717) is 18.4 Å². The van der Waals surface area contributed by atoms with Gasteiger partial charge in [-0.3, -0.25) is 0 Å². The molecule has 0 unspecified atom stereocenters. The molecule has 1 aromatic carbocycles. The zero-order valence-electron chi connectivity index (χ0n) is 9.10. The van der Waals surface area contributed by atoms with Crippen molar-refractivity contribution in [3.05, 3.63) is 29.6 Å². The molecule has 90 valence electrons. The Morgan fingerprint density at radius 2 is 2.06 bits per heavy atom. The van der Waals surface area contributed by atoms with Crippen LogP contribution in [0.3, 0.4) is 0 Å².